The maximum Gasteiger partial charge on any atom is 0.337 e. The third kappa shape index (κ3) is 4.40. The number of carbonyl (C=O) groups excluding carboxylic acids is 1. The lowest BCUT2D eigenvalue weighted by Crippen LogP contribution is -2.45. The lowest BCUT2D eigenvalue weighted by molar-refractivity contribution is -0.143. The van der Waals surface area contributed by atoms with E-state index in [1.165, 1.54) is 36.7 Å². The fraction of sp³-hybridized carbons (Fsp3) is 0.529. The predicted molar refractivity (Wildman–Crippen MR) is 92.2 cm³/mol. The van der Waals surface area contributed by atoms with Gasteiger partial charge in [0.2, 0.25) is 10.0 Å². The predicted octanol–water partition coefficient (Wildman–Crippen LogP) is 1.35. The van der Waals surface area contributed by atoms with E-state index in [-0.39, 0.29) is 36.1 Å². The highest BCUT2D eigenvalue weighted by Gasteiger charge is 2.36. The minimum Gasteiger partial charge on any atom is -0.481 e. The van der Waals surface area contributed by atoms with Crippen LogP contribution in [0, 0.1) is 11.8 Å². The number of aliphatic carboxylic acids is 1. The van der Waals surface area contributed by atoms with Crippen LogP contribution in [0.25, 0.3) is 0 Å². The Hall–Kier alpha value is -1.97. The zero-order chi connectivity index (χ0) is 19.5. The first-order valence-corrected chi connectivity index (χ1v) is 9.57. The molecule has 2 unspecified atom stereocenters. The molecule has 0 saturated carbocycles. The van der Waals surface area contributed by atoms with Gasteiger partial charge in [0.05, 0.1) is 30.1 Å². The highest BCUT2D eigenvalue weighted by atomic mass is 32.2. The van der Waals surface area contributed by atoms with Gasteiger partial charge in [-0.3, -0.25) is 4.79 Å². The number of carbonyl (C=O) groups is 2. The number of esters is 1. The molecule has 26 heavy (non-hydrogen) atoms. The Morgan fingerprint density at radius 3 is 2.50 bits per heavy atom. The summed E-state index contributed by atoms with van der Waals surface area (Å²) in [5.74, 6) is -2.51. The molecule has 2 rings (SSSR count). The molecule has 1 saturated heterocycles. The summed E-state index contributed by atoms with van der Waals surface area (Å²) >= 11 is 0. The van der Waals surface area contributed by atoms with Gasteiger partial charge < -0.3 is 14.6 Å². The first kappa shape index (κ1) is 20.3. The Kier molecular flexibility index (Phi) is 6.38. The fourth-order valence-corrected chi connectivity index (χ4v) is 4.82. The second-order valence-corrected chi connectivity index (χ2v) is 8.43. The van der Waals surface area contributed by atoms with Crippen LogP contribution in [0.4, 0.5) is 0 Å². The summed E-state index contributed by atoms with van der Waals surface area (Å²) in [6.45, 7) is 2.08. The Morgan fingerprint density at radius 1 is 1.23 bits per heavy atom. The van der Waals surface area contributed by atoms with E-state index in [1.807, 2.05) is 6.92 Å². The van der Waals surface area contributed by atoms with E-state index in [0.717, 1.165) is 0 Å². The Morgan fingerprint density at radius 2 is 1.92 bits per heavy atom. The summed E-state index contributed by atoms with van der Waals surface area (Å²) in [5, 5.41) is 9.27. The van der Waals surface area contributed by atoms with Crippen LogP contribution >= 0.6 is 0 Å². The van der Waals surface area contributed by atoms with E-state index in [4.69, 9.17) is 4.74 Å². The monoisotopic (exact) mass is 385 g/mol. The second-order valence-electron chi connectivity index (χ2n) is 6.49. The van der Waals surface area contributed by atoms with Crippen LogP contribution < -0.4 is 0 Å². The van der Waals surface area contributed by atoms with Crippen LogP contribution in [0.5, 0.6) is 0 Å². The Labute approximate surface area is 152 Å². The number of carboxylic acid groups (broad SMARTS) is 1. The van der Waals surface area contributed by atoms with Crippen LogP contribution in [0.2, 0.25) is 0 Å². The van der Waals surface area contributed by atoms with Crippen molar-refractivity contribution >= 4 is 22.0 Å². The molecule has 1 aliphatic rings. The van der Waals surface area contributed by atoms with Crippen LogP contribution in [-0.2, 0) is 30.9 Å². The molecule has 0 radical (unpaired) electrons. The van der Waals surface area contributed by atoms with Gasteiger partial charge in [-0.1, -0.05) is 6.92 Å². The number of hydrogen-bond acceptors (Lipinski definition) is 6. The fourth-order valence-electron chi connectivity index (χ4n) is 3.12. The number of carboxylic acids is 1. The lowest BCUT2D eigenvalue weighted by atomic mass is 9.92. The van der Waals surface area contributed by atoms with Crippen molar-refractivity contribution < 1.29 is 32.6 Å². The molecular weight excluding hydrogens is 362 g/mol. The van der Waals surface area contributed by atoms with E-state index in [2.05, 4.69) is 4.74 Å². The molecule has 2 atom stereocenters. The molecule has 1 aromatic carbocycles. The average molecular weight is 385 g/mol. The Bertz CT molecular complexity index is 790. The Balaban J connectivity index is 2.45. The average Bonchev–Trinajstić information content (AvgIpc) is 2.60. The molecule has 1 fully saturated rings. The van der Waals surface area contributed by atoms with E-state index in [0.29, 0.717) is 12.0 Å². The highest BCUT2D eigenvalue weighted by molar-refractivity contribution is 7.89. The summed E-state index contributed by atoms with van der Waals surface area (Å²) in [7, 11) is -1.29. The van der Waals surface area contributed by atoms with Crippen LogP contribution in [0.3, 0.4) is 0 Å². The standard InChI is InChI=1S/C17H23NO7S/c1-11-4-14(16(19)20)9-18(8-11)26(22,23)15-6-12(10-24-2)5-13(7-15)17(21)25-3/h5-7,11,14H,4,8-10H2,1-3H3,(H,19,20). The van der Waals surface area contributed by atoms with Crippen LogP contribution in [0.15, 0.2) is 23.1 Å². The maximum absolute atomic E-state index is 13.1. The SMILES string of the molecule is COCc1cc(C(=O)OC)cc(S(=O)(=O)N2CC(C)CC(C(=O)O)C2)c1. The minimum atomic E-state index is -3.96. The number of sulfonamides is 1. The zero-order valence-electron chi connectivity index (χ0n) is 15.0. The van der Waals surface area contributed by atoms with E-state index in [9.17, 15) is 23.1 Å². The van der Waals surface area contributed by atoms with Gasteiger partial charge >= 0.3 is 11.9 Å². The molecule has 9 heteroatoms. The molecule has 1 N–H and O–H groups in total. The molecule has 1 aliphatic heterocycles. The van der Waals surface area contributed by atoms with Crippen LogP contribution in [-0.4, -0.2) is 57.1 Å². The molecule has 0 aliphatic carbocycles. The van der Waals surface area contributed by atoms with Crippen LogP contribution in [0.1, 0.15) is 29.3 Å². The van der Waals surface area contributed by atoms with Gasteiger partial charge in [-0.2, -0.15) is 4.31 Å². The van der Waals surface area contributed by atoms with E-state index >= 15 is 0 Å². The third-order valence-electron chi connectivity index (χ3n) is 4.31. The van der Waals surface area contributed by atoms with Crippen molar-refractivity contribution in [1.29, 1.82) is 0 Å². The van der Waals surface area contributed by atoms with Crippen molar-refractivity contribution in [3.8, 4) is 0 Å². The van der Waals surface area contributed by atoms with Crippen molar-refractivity contribution in [2.24, 2.45) is 11.8 Å². The quantitative estimate of drug-likeness (QED) is 0.736. The molecular formula is C17H23NO7S. The normalized spacial score (nSPS) is 21.3. The van der Waals surface area contributed by atoms with E-state index < -0.39 is 27.9 Å². The van der Waals surface area contributed by atoms with Crippen molar-refractivity contribution in [3.05, 3.63) is 29.3 Å². The number of hydrogen-bond donors (Lipinski definition) is 1. The zero-order valence-corrected chi connectivity index (χ0v) is 15.8. The summed E-state index contributed by atoms with van der Waals surface area (Å²) in [6.07, 6.45) is 0.429. The van der Waals surface area contributed by atoms with Crippen molar-refractivity contribution in [2.45, 2.75) is 24.8 Å². The molecule has 8 nitrogen and oxygen atoms in total. The smallest absolute Gasteiger partial charge is 0.337 e. The number of nitrogens with zero attached hydrogens (tertiary/aromatic N) is 1. The molecule has 0 aromatic heterocycles. The van der Waals surface area contributed by atoms with Gasteiger partial charge in [0.25, 0.3) is 0 Å². The van der Waals surface area contributed by atoms with Gasteiger partial charge in [-0.15, -0.1) is 0 Å². The molecule has 144 valence electrons. The van der Waals surface area contributed by atoms with E-state index in [1.54, 1.807) is 0 Å². The van der Waals surface area contributed by atoms with Gasteiger partial charge in [0, 0.05) is 20.2 Å². The number of ether oxygens (including phenoxy) is 2. The molecule has 0 bridgehead atoms. The summed E-state index contributed by atoms with van der Waals surface area (Å²) < 4.78 is 37.0. The number of piperidine rings is 1. The first-order chi connectivity index (χ1) is 12.2. The topological polar surface area (TPSA) is 110 Å². The lowest BCUT2D eigenvalue weighted by Gasteiger charge is -2.33. The highest BCUT2D eigenvalue weighted by Crippen LogP contribution is 2.28. The van der Waals surface area contributed by atoms with Crippen molar-refractivity contribution in [2.75, 3.05) is 27.3 Å². The third-order valence-corrected chi connectivity index (χ3v) is 6.12. The minimum absolute atomic E-state index is 0.0781. The molecule has 1 aromatic rings. The second kappa shape index (κ2) is 8.15. The number of rotatable bonds is 6. The molecule has 0 spiro atoms. The van der Waals surface area contributed by atoms with Gasteiger partial charge in [-0.25, -0.2) is 13.2 Å². The van der Waals surface area contributed by atoms with Gasteiger partial charge in [-0.05, 0) is 36.1 Å². The first-order valence-electron chi connectivity index (χ1n) is 8.13. The largest absolute Gasteiger partial charge is 0.481 e. The summed E-state index contributed by atoms with van der Waals surface area (Å²) in [5.41, 5.74) is 0.606. The number of methoxy groups -OCH3 is 2. The summed E-state index contributed by atoms with van der Waals surface area (Å²) in [4.78, 5) is 23.1. The number of benzene rings is 1. The summed E-state index contributed by atoms with van der Waals surface area (Å²) in [6, 6.07) is 4.18. The van der Waals surface area contributed by atoms with Gasteiger partial charge in [0.1, 0.15) is 0 Å². The van der Waals surface area contributed by atoms with Crippen molar-refractivity contribution in [3.63, 3.8) is 0 Å². The van der Waals surface area contributed by atoms with Crippen molar-refractivity contribution in [1.82, 2.24) is 4.31 Å². The molecule has 0 amide bonds. The molecule has 1 heterocycles. The van der Waals surface area contributed by atoms with Gasteiger partial charge in [0.15, 0.2) is 0 Å². The maximum atomic E-state index is 13.1.